The van der Waals surface area contributed by atoms with E-state index in [1.165, 1.54) is 3.57 Å². The zero-order chi connectivity index (χ0) is 22.5. The van der Waals surface area contributed by atoms with Crippen molar-refractivity contribution in [1.82, 2.24) is 0 Å². The van der Waals surface area contributed by atoms with Gasteiger partial charge in [0, 0.05) is 3.57 Å². The van der Waals surface area contributed by atoms with Crippen molar-refractivity contribution in [3.63, 3.8) is 0 Å². The number of hydrogen-bond donors (Lipinski definition) is 0. The quantitative estimate of drug-likeness (QED) is 0.129. The fraction of sp³-hybridized carbons (Fsp3) is 0.0741. The van der Waals surface area contributed by atoms with Gasteiger partial charge in [-0.2, -0.15) is 5.26 Å². The number of methoxy groups -OCH3 is 1. The minimum Gasteiger partial charge on any atom is -0.493 e. The lowest BCUT2D eigenvalue weighted by Crippen LogP contribution is -1.99. The van der Waals surface area contributed by atoms with Gasteiger partial charge in [-0.25, -0.2) is 0 Å². The molecule has 0 aliphatic heterocycles. The Labute approximate surface area is 209 Å². The summed E-state index contributed by atoms with van der Waals surface area (Å²) in [5, 5.41) is 12.1. The van der Waals surface area contributed by atoms with Crippen molar-refractivity contribution in [2.75, 3.05) is 7.11 Å². The van der Waals surface area contributed by atoms with Crippen molar-refractivity contribution >= 4 is 60.9 Å². The van der Waals surface area contributed by atoms with E-state index in [1.54, 1.807) is 7.11 Å². The first kappa shape index (κ1) is 22.4. The molecule has 0 heterocycles. The highest BCUT2D eigenvalue weighted by molar-refractivity contribution is 14.1. The van der Waals surface area contributed by atoms with Gasteiger partial charge in [0.1, 0.15) is 6.61 Å². The standard InChI is InChI=1S/C27H19BrINO2/c1-31-26-14-19(13-25(28)27(26)32-17-18-6-10-24(29)11-7-18)12-23(16-30)22-9-8-20-4-2-3-5-21(20)15-22/h2-15H,17H2,1H3/b23-12-. The highest BCUT2D eigenvalue weighted by atomic mass is 127. The van der Waals surface area contributed by atoms with E-state index in [-0.39, 0.29) is 0 Å². The van der Waals surface area contributed by atoms with Crippen molar-refractivity contribution in [2.24, 2.45) is 0 Å². The van der Waals surface area contributed by atoms with Crippen molar-refractivity contribution in [2.45, 2.75) is 6.61 Å². The van der Waals surface area contributed by atoms with Crippen LogP contribution in [0.15, 0.2) is 83.3 Å². The topological polar surface area (TPSA) is 42.2 Å². The third kappa shape index (κ3) is 5.14. The molecule has 5 heteroatoms. The molecule has 0 aliphatic carbocycles. The lowest BCUT2D eigenvalue weighted by molar-refractivity contribution is 0.282. The molecule has 0 fully saturated rings. The van der Waals surface area contributed by atoms with E-state index in [2.05, 4.69) is 62.8 Å². The number of fused-ring (bicyclic) bond motifs is 1. The van der Waals surface area contributed by atoms with E-state index in [9.17, 15) is 5.26 Å². The number of halogens is 2. The number of hydrogen-bond acceptors (Lipinski definition) is 3. The van der Waals surface area contributed by atoms with Gasteiger partial charge in [-0.05, 0) is 102 Å². The number of nitriles is 1. The Hall–Kier alpha value is -2.82. The number of allylic oxidation sites excluding steroid dienone is 1. The molecule has 0 bridgehead atoms. The average molecular weight is 596 g/mol. The molecule has 0 spiro atoms. The van der Waals surface area contributed by atoms with Gasteiger partial charge in [0.25, 0.3) is 0 Å². The molecule has 4 rings (SSSR count). The largest absolute Gasteiger partial charge is 0.493 e. The molecule has 0 saturated heterocycles. The maximum absolute atomic E-state index is 9.81. The predicted octanol–water partition coefficient (Wildman–Crippen LogP) is 7.86. The summed E-state index contributed by atoms with van der Waals surface area (Å²) in [6, 6.07) is 28.5. The van der Waals surface area contributed by atoms with Crippen LogP contribution in [0.5, 0.6) is 11.5 Å². The Morgan fingerprint density at radius 3 is 2.47 bits per heavy atom. The van der Waals surface area contributed by atoms with Crippen LogP contribution in [0.25, 0.3) is 22.4 Å². The van der Waals surface area contributed by atoms with Gasteiger partial charge in [0.15, 0.2) is 11.5 Å². The first-order chi connectivity index (χ1) is 15.6. The summed E-state index contributed by atoms with van der Waals surface area (Å²) in [5.41, 5.74) is 3.38. The van der Waals surface area contributed by atoms with E-state index in [4.69, 9.17) is 9.47 Å². The molecule has 0 unspecified atom stereocenters. The van der Waals surface area contributed by atoms with E-state index >= 15 is 0 Å². The molecule has 0 aliphatic rings. The highest BCUT2D eigenvalue weighted by Crippen LogP contribution is 2.38. The molecule has 0 aromatic heterocycles. The third-order valence-corrected chi connectivity index (χ3v) is 6.35. The third-order valence-electron chi connectivity index (χ3n) is 5.04. The fourth-order valence-electron chi connectivity index (χ4n) is 3.40. The molecular formula is C27H19BrINO2. The molecule has 3 nitrogen and oxygen atoms in total. The number of benzene rings is 4. The summed E-state index contributed by atoms with van der Waals surface area (Å²) in [5.74, 6) is 1.24. The summed E-state index contributed by atoms with van der Waals surface area (Å²) < 4.78 is 13.6. The molecule has 0 N–H and O–H groups in total. The lowest BCUT2D eigenvalue weighted by atomic mass is 10.00. The van der Waals surface area contributed by atoms with E-state index in [0.29, 0.717) is 23.7 Å². The maximum atomic E-state index is 9.81. The van der Waals surface area contributed by atoms with Crippen LogP contribution in [0.3, 0.4) is 0 Å². The van der Waals surface area contributed by atoms with E-state index in [0.717, 1.165) is 31.9 Å². The zero-order valence-corrected chi connectivity index (χ0v) is 21.1. The summed E-state index contributed by atoms with van der Waals surface area (Å²) in [6.07, 6.45) is 1.86. The maximum Gasteiger partial charge on any atom is 0.175 e. The minimum atomic E-state index is 0.432. The van der Waals surface area contributed by atoms with Gasteiger partial charge < -0.3 is 9.47 Å². The summed E-state index contributed by atoms with van der Waals surface area (Å²) >= 11 is 5.89. The Morgan fingerprint density at radius 1 is 1.00 bits per heavy atom. The molecule has 158 valence electrons. The molecule has 0 atom stereocenters. The SMILES string of the molecule is COc1cc(/C=C(/C#N)c2ccc3ccccc3c2)cc(Br)c1OCc1ccc(I)cc1. The van der Waals surface area contributed by atoms with Crippen molar-refractivity contribution in [1.29, 1.82) is 5.26 Å². The Kier molecular flexibility index (Phi) is 7.13. The van der Waals surface area contributed by atoms with Crippen LogP contribution in [0.2, 0.25) is 0 Å². The fourth-order valence-corrected chi connectivity index (χ4v) is 4.34. The molecule has 0 radical (unpaired) electrons. The zero-order valence-electron chi connectivity index (χ0n) is 17.3. The number of ether oxygens (including phenoxy) is 2. The second kappa shape index (κ2) is 10.2. The summed E-state index contributed by atoms with van der Waals surface area (Å²) in [6.45, 7) is 0.432. The van der Waals surface area contributed by atoms with E-state index in [1.807, 2.05) is 66.7 Å². The summed E-state index contributed by atoms with van der Waals surface area (Å²) in [7, 11) is 1.61. The van der Waals surface area contributed by atoms with Crippen molar-refractivity contribution in [3.8, 4) is 17.6 Å². The first-order valence-corrected chi connectivity index (χ1v) is 11.8. The Morgan fingerprint density at radius 2 is 1.75 bits per heavy atom. The molecule has 32 heavy (non-hydrogen) atoms. The molecule has 4 aromatic carbocycles. The minimum absolute atomic E-state index is 0.432. The van der Waals surface area contributed by atoms with Gasteiger partial charge in [0.2, 0.25) is 0 Å². The molecular weight excluding hydrogens is 577 g/mol. The lowest BCUT2D eigenvalue weighted by Gasteiger charge is -2.14. The Bertz CT molecular complexity index is 1340. The second-order valence-corrected chi connectivity index (χ2v) is 9.28. The summed E-state index contributed by atoms with van der Waals surface area (Å²) in [4.78, 5) is 0. The highest BCUT2D eigenvalue weighted by Gasteiger charge is 2.13. The normalized spacial score (nSPS) is 11.2. The van der Waals surface area contributed by atoms with Gasteiger partial charge in [0.05, 0.1) is 23.2 Å². The van der Waals surface area contributed by atoms with Crippen molar-refractivity contribution in [3.05, 3.63) is 104 Å². The number of rotatable bonds is 6. The van der Waals surface area contributed by atoms with Crippen LogP contribution in [-0.2, 0) is 6.61 Å². The van der Waals surface area contributed by atoms with E-state index < -0.39 is 0 Å². The second-order valence-electron chi connectivity index (χ2n) is 7.18. The van der Waals surface area contributed by atoms with Crippen molar-refractivity contribution < 1.29 is 9.47 Å². The van der Waals surface area contributed by atoms with Crippen LogP contribution >= 0.6 is 38.5 Å². The van der Waals surface area contributed by atoms with Crippen LogP contribution in [0.4, 0.5) is 0 Å². The van der Waals surface area contributed by atoms with Crippen LogP contribution < -0.4 is 9.47 Å². The van der Waals surface area contributed by atoms with Gasteiger partial charge in [-0.15, -0.1) is 0 Å². The molecule has 4 aromatic rings. The van der Waals surface area contributed by atoms with Gasteiger partial charge in [-0.3, -0.25) is 0 Å². The van der Waals surface area contributed by atoms with Crippen LogP contribution in [-0.4, -0.2) is 7.11 Å². The van der Waals surface area contributed by atoms with Crippen LogP contribution in [0, 0.1) is 14.9 Å². The van der Waals surface area contributed by atoms with Gasteiger partial charge in [-0.1, -0.05) is 48.5 Å². The Balaban J connectivity index is 1.63. The van der Waals surface area contributed by atoms with Gasteiger partial charge >= 0.3 is 0 Å². The van der Waals surface area contributed by atoms with Crippen LogP contribution in [0.1, 0.15) is 16.7 Å². The molecule has 0 amide bonds. The first-order valence-electron chi connectivity index (χ1n) is 9.93. The number of nitrogens with zero attached hydrogens (tertiary/aromatic N) is 1. The predicted molar refractivity (Wildman–Crippen MR) is 142 cm³/mol. The smallest absolute Gasteiger partial charge is 0.175 e. The molecule has 0 saturated carbocycles. The monoisotopic (exact) mass is 595 g/mol. The average Bonchev–Trinajstić information content (AvgIpc) is 2.82.